The molecule has 0 aliphatic carbocycles. The molecule has 7 nitrogen and oxygen atoms in total. The topological polar surface area (TPSA) is 79.8 Å². The van der Waals surface area contributed by atoms with E-state index in [0.29, 0.717) is 28.9 Å². The summed E-state index contributed by atoms with van der Waals surface area (Å²) in [4.78, 5) is 20.3. The van der Waals surface area contributed by atoms with Gasteiger partial charge >= 0.3 is 0 Å². The van der Waals surface area contributed by atoms with Crippen LogP contribution in [0.25, 0.3) is 10.2 Å². The molecular weight excluding hydrogens is 538 g/mol. The second kappa shape index (κ2) is 10.5. The van der Waals surface area contributed by atoms with Crippen LogP contribution in [0.3, 0.4) is 0 Å². The fourth-order valence-corrected chi connectivity index (χ4v) is 8.37. The Kier molecular flexibility index (Phi) is 7.32. The molecule has 188 valence electrons. The van der Waals surface area contributed by atoms with Gasteiger partial charge in [-0.25, -0.2) is 13.4 Å². The van der Waals surface area contributed by atoms with Gasteiger partial charge in [-0.2, -0.15) is 4.31 Å². The Morgan fingerprint density at radius 1 is 1.11 bits per heavy atom. The van der Waals surface area contributed by atoms with E-state index in [1.54, 1.807) is 18.1 Å². The largest absolute Gasteiger partial charge is 0.497 e. The van der Waals surface area contributed by atoms with Gasteiger partial charge in [-0.05, 0) is 48.7 Å². The normalized spacial score (nSPS) is 15.3. The molecule has 1 fully saturated rings. The number of benzene rings is 2. The molecule has 0 saturated carbocycles. The standard InChI is InChI=1S/C25H24ClN3O4S3/c1-33-19-7-8-20-21(15-19)34-25(27-20)29(16-17-5-3-2-4-6-17)24(30)18-11-13-28(14-12-18)36(31,32)23-10-9-22(26)35-23/h2-10,15,18H,11-14,16H2,1H3. The number of carbonyl (C=O) groups is 1. The van der Waals surface area contributed by atoms with E-state index in [9.17, 15) is 13.2 Å². The fourth-order valence-electron chi connectivity index (χ4n) is 4.27. The summed E-state index contributed by atoms with van der Waals surface area (Å²) in [6.07, 6.45) is 0.891. The number of hydrogen-bond donors (Lipinski definition) is 0. The Morgan fingerprint density at radius 2 is 1.86 bits per heavy atom. The number of anilines is 1. The van der Waals surface area contributed by atoms with Crippen molar-refractivity contribution in [3.63, 3.8) is 0 Å². The second-order valence-corrected chi connectivity index (χ2v) is 13.4. The number of piperidine rings is 1. The molecule has 2 aromatic carbocycles. The maximum absolute atomic E-state index is 13.8. The SMILES string of the molecule is COc1ccc2nc(N(Cc3ccccc3)C(=O)C3CCN(S(=O)(=O)c4ccc(Cl)s4)CC3)sc2c1. The third kappa shape index (κ3) is 5.14. The molecule has 0 spiro atoms. The zero-order chi connectivity index (χ0) is 25.3. The van der Waals surface area contributed by atoms with Gasteiger partial charge in [0.05, 0.1) is 28.2 Å². The average molecular weight is 562 g/mol. The highest BCUT2D eigenvalue weighted by Crippen LogP contribution is 2.35. The zero-order valence-electron chi connectivity index (χ0n) is 19.5. The highest BCUT2D eigenvalue weighted by molar-refractivity contribution is 7.91. The number of methoxy groups -OCH3 is 1. The lowest BCUT2D eigenvalue weighted by molar-refractivity contribution is -0.123. The number of thiophene rings is 1. The van der Waals surface area contributed by atoms with Crippen LogP contribution in [0.2, 0.25) is 4.34 Å². The monoisotopic (exact) mass is 561 g/mol. The Labute approximate surface area is 223 Å². The lowest BCUT2D eigenvalue weighted by Crippen LogP contribution is -2.44. The summed E-state index contributed by atoms with van der Waals surface area (Å²) in [5, 5.41) is 0.621. The van der Waals surface area contributed by atoms with Gasteiger partial charge in [0.25, 0.3) is 10.0 Å². The van der Waals surface area contributed by atoms with E-state index in [4.69, 9.17) is 21.3 Å². The van der Waals surface area contributed by atoms with E-state index in [1.165, 1.54) is 21.7 Å². The smallest absolute Gasteiger partial charge is 0.252 e. The number of hydrogen-bond acceptors (Lipinski definition) is 7. The number of sulfonamides is 1. The number of nitrogens with zero attached hydrogens (tertiary/aromatic N) is 3. The third-order valence-electron chi connectivity index (χ3n) is 6.21. The summed E-state index contributed by atoms with van der Waals surface area (Å²) in [5.74, 6) is 0.397. The van der Waals surface area contributed by atoms with Crippen molar-refractivity contribution in [2.75, 3.05) is 25.1 Å². The molecule has 1 saturated heterocycles. The van der Waals surface area contributed by atoms with Crippen molar-refractivity contribution in [3.05, 3.63) is 70.6 Å². The Balaban J connectivity index is 1.38. The van der Waals surface area contributed by atoms with Crippen molar-refractivity contribution in [1.82, 2.24) is 9.29 Å². The molecule has 36 heavy (non-hydrogen) atoms. The van der Waals surface area contributed by atoms with Gasteiger partial charge in [0, 0.05) is 19.0 Å². The van der Waals surface area contributed by atoms with Gasteiger partial charge in [-0.15, -0.1) is 11.3 Å². The maximum atomic E-state index is 13.8. The second-order valence-electron chi connectivity index (χ2n) is 8.48. The lowest BCUT2D eigenvalue weighted by atomic mass is 9.96. The van der Waals surface area contributed by atoms with Crippen molar-refractivity contribution in [2.24, 2.45) is 5.92 Å². The molecule has 4 aromatic rings. The highest BCUT2D eigenvalue weighted by Gasteiger charge is 2.35. The summed E-state index contributed by atoms with van der Waals surface area (Å²) in [5.41, 5.74) is 1.80. The van der Waals surface area contributed by atoms with Crippen molar-refractivity contribution in [3.8, 4) is 5.75 Å². The van der Waals surface area contributed by atoms with Crippen LogP contribution >= 0.6 is 34.3 Å². The highest BCUT2D eigenvalue weighted by atomic mass is 35.5. The number of aromatic nitrogens is 1. The Bertz CT molecular complexity index is 1480. The molecule has 1 aliphatic heterocycles. The van der Waals surface area contributed by atoms with Crippen LogP contribution in [0.15, 0.2) is 64.9 Å². The minimum atomic E-state index is -3.61. The first-order valence-electron chi connectivity index (χ1n) is 11.4. The van der Waals surface area contributed by atoms with E-state index in [2.05, 4.69) is 0 Å². The predicted molar refractivity (Wildman–Crippen MR) is 145 cm³/mol. The number of amides is 1. The molecule has 0 N–H and O–H groups in total. The molecule has 0 unspecified atom stereocenters. The molecule has 1 amide bonds. The molecule has 0 radical (unpaired) electrons. The Morgan fingerprint density at radius 3 is 2.53 bits per heavy atom. The van der Waals surface area contributed by atoms with Crippen molar-refractivity contribution < 1.29 is 17.9 Å². The number of rotatable bonds is 7. The van der Waals surface area contributed by atoms with Gasteiger partial charge in [-0.1, -0.05) is 53.3 Å². The lowest BCUT2D eigenvalue weighted by Gasteiger charge is -2.32. The van der Waals surface area contributed by atoms with Crippen LogP contribution in [0.4, 0.5) is 5.13 Å². The quantitative estimate of drug-likeness (QED) is 0.291. The molecule has 5 rings (SSSR count). The van der Waals surface area contributed by atoms with Crippen LogP contribution in [-0.2, 0) is 21.4 Å². The number of thiazole rings is 1. The summed E-state index contributed by atoms with van der Waals surface area (Å²) < 4.78 is 34.4. The Hall–Kier alpha value is -2.50. The minimum Gasteiger partial charge on any atom is -0.497 e. The fraction of sp³-hybridized carbons (Fsp3) is 0.280. The van der Waals surface area contributed by atoms with Gasteiger partial charge in [-0.3, -0.25) is 9.69 Å². The molecule has 1 aliphatic rings. The van der Waals surface area contributed by atoms with E-state index in [1.807, 2.05) is 48.5 Å². The van der Waals surface area contributed by atoms with E-state index in [0.717, 1.165) is 32.9 Å². The molecule has 0 atom stereocenters. The van der Waals surface area contributed by atoms with Crippen LogP contribution in [0, 0.1) is 5.92 Å². The van der Waals surface area contributed by atoms with Gasteiger partial charge < -0.3 is 4.74 Å². The average Bonchev–Trinajstić information content (AvgIpc) is 3.53. The van der Waals surface area contributed by atoms with Crippen LogP contribution in [-0.4, -0.2) is 43.8 Å². The van der Waals surface area contributed by atoms with Gasteiger partial charge in [0.15, 0.2) is 5.13 Å². The van der Waals surface area contributed by atoms with Crippen molar-refractivity contribution in [2.45, 2.75) is 23.6 Å². The van der Waals surface area contributed by atoms with E-state index >= 15 is 0 Å². The van der Waals surface area contributed by atoms with Crippen molar-refractivity contribution in [1.29, 1.82) is 0 Å². The third-order valence-corrected chi connectivity index (χ3v) is 10.8. The van der Waals surface area contributed by atoms with E-state index in [-0.39, 0.29) is 29.1 Å². The summed E-state index contributed by atoms with van der Waals surface area (Å²) in [6.45, 7) is 0.956. The first-order chi connectivity index (χ1) is 17.3. The van der Waals surface area contributed by atoms with Crippen LogP contribution in [0.5, 0.6) is 5.75 Å². The van der Waals surface area contributed by atoms with Gasteiger partial charge in [0.1, 0.15) is 9.96 Å². The molecule has 2 aromatic heterocycles. The number of halogens is 1. The molecule has 0 bridgehead atoms. The summed E-state index contributed by atoms with van der Waals surface area (Å²) in [6, 6.07) is 18.6. The van der Waals surface area contributed by atoms with Crippen LogP contribution in [0.1, 0.15) is 18.4 Å². The van der Waals surface area contributed by atoms with Crippen molar-refractivity contribution >= 4 is 65.6 Å². The number of fused-ring (bicyclic) bond motifs is 1. The summed E-state index contributed by atoms with van der Waals surface area (Å²) >= 11 is 8.44. The first-order valence-corrected chi connectivity index (χ1v) is 14.9. The zero-order valence-corrected chi connectivity index (χ0v) is 22.7. The molecular formula is C25H24ClN3O4S3. The van der Waals surface area contributed by atoms with Crippen LogP contribution < -0.4 is 9.64 Å². The predicted octanol–water partition coefficient (Wildman–Crippen LogP) is 5.65. The number of ether oxygens (including phenoxy) is 1. The molecule has 3 heterocycles. The maximum Gasteiger partial charge on any atom is 0.252 e. The summed E-state index contributed by atoms with van der Waals surface area (Å²) in [7, 11) is -2.00. The van der Waals surface area contributed by atoms with Gasteiger partial charge in [0.2, 0.25) is 5.91 Å². The van der Waals surface area contributed by atoms with E-state index < -0.39 is 10.0 Å². The number of carbonyl (C=O) groups excluding carboxylic acids is 1. The molecule has 11 heteroatoms. The first kappa shape index (κ1) is 25.2. The minimum absolute atomic E-state index is 0.0407.